The number of hydrogen-bond acceptors (Lipinski definition) is 5. The fourth-order valence-corrected chi connectivity index (χ4v) is 2.42. The summed E-state index contributed by atoms with van der Waals surface area (Å²) in [5, 5.41) is 0. The van der Waals surface area contributed by atoms with Gasteiger partial charge in [0.2, 0.25) is 5.91 Å². The molecule has 1 aromatic rings. The quantitative estimate of drug-likeness (QED) is 0.635. The van der Waals surface area contributed by atoms with Crippen molar-refractivity contribution in [3.05, 3.63) is 23.5 Å². The predicted molar refractivity (Wildman–Crippen MR) is 76.3 cm³/mol. The number of nitrogens with zero attached hydrogens (tertiary/aromatic N) is 1. The van der Waals surface area contributed by atoms with Crippen molar-refractivity contribution in [1.82, 2.24) is 0 Å². The van der Waals surface area contributed by atoms with Gasteiger partial charge < -0.3 is 21.1 Å². The number of halogens is 1. The molecule has 21 heavy (non-hydrogen) atoms. The second-order valence-corrected chi connectivity index (χ2v) is 4.95. The van der Waals surface area contributed by atoms with Crippen LogP contribution < -0.4 is 16.4 Å². The zero-order chi connectivity index (χ0) is 15.6. The van der Waals surface area contributed by atoms with Gasteiger partial charge in [-0.25, -0.2) is 9.18 Å². The molecule has 1 heterocycles. The van der Waals surface area contributed by atoms with E-state index in [4.69, 9.17) is 16.2 Å². The van der Waals surface area contributed by atoms with Crippen molar-refractivity contribution in [2.75, 3.05) is 30.3 Å². The Hall–Kier alpha value is -2.31. The topological polar surface area (TPSA) is 98.6 Å². The molecule has 2 rings (SSSR count). The Kier molecular flexibility index (Phi) is 4.30. The fraction of sp³-hybridized carbons (Fsp3) is 0.429. The molecule has 7 heteroatoms. The van der Waals surface area contributed by atoms with Gasteiger partial charge in [-0.3, -0.25) is 4.79 Å². The summed E-state index contributed by atoms with van der Waals surface area (Å²) in [7, 11) is 0. The van der Waals surface area contributed by atoms with Crippen LogP contribution in [0.1, 0.15) is 23.7 Å². The maximum absolute atomic E-state index is 14.1. The lowest BCUT2D eigenvalue weighted by atomic mass is 10.1. The van der Waals surface area contributed by atoms with Gasteiger partial charge in [0.1, 0.15) is 5.82 Å². The van der Waals surface area contributed by atoms with Crippen molar-refractivity contribution >= 4 is 23.3 Å². The van der Waals surface area contributed by atoms with Crippen LogP contribution in [0.2, 0.25) is 0 Å². The van der Waals surface area contributed by atoms with Crippen molar-refractivity contribution in [3.8, 4) is 0 Å². The highest BCUT2D eigenvalue weighted by molar-refractivity contribution is 5.96. The first-order chi connectivity index (χ1) is 9.93. The van der Waals surface area contributed by atoms with Gasteiger partial charge in [-0.15, -0.1) is 0 Å². The maximum Gasteiger partial charge on any atom is 0.340 e. The van der Waals surface area contributed by atoms with Gasteiger partial charge >= 0.3 is 5.97 Å². The van der Waals surface area contributed by atoms with E-state index >= 15 is 0 Å². The van der Waals surface area contributed by atoms with Crippen LogP contribution in [0.5, 0.6) is 0 Å². The molecule has 0 aromatic heterocycles. The number of amides is 1. The molecular weight excluding hydrogens is 277 g/mol. The number of nitrogen functional groups attached to an aromatic ring is 1. The largest absolute Gasteiger partial charge is 0.462 e. The molecule has 1 aliphatic heterocycles. The van der Waals surface area contributed by atoms with Crippen molar-refractivity contribution in [3.63, 3.8) is 0 Å². The van der Waals surface area contributed by atoms with Gasteiger partial charge in [0, 0.05) is 18.8 Å². The average Bonchev–Trinajstić information content (AvgIpc) is 2.88. The summed E-state index contributed by atoms with van der Waals surface area (Å²) in [6, 6.07) is 2.46. The van der Waals surface area contributed by atoms with E-state index in [0.29, 0.717) is 19.5 Å². The van der Waals surface area contributed by atoms with Gasteiger partial charge in [0.25, 0.3) is 0 Å². The number of carbonyl (C=O) groups is 2. The number of primary amides is 1. The molecule has 1 saturated heterocycles. The molecule has 0 spiro atoms. The third-order valence-electron chi connectivity index (χ3n) is 3.55. The number of esters is 1. The van der Waals surface area contributed by atoms with Gasteiger partial charge in [-0.2, -0.15) is 0 Å². The van der Waals surface area contributed by atoms with Gasteiger partial charge in [-0.1, -0.05) is 0 Å². The van der Waals surface area contributed by atoms with E-state index < -0.39 is 17.7 Å². The van der Waals surface area contributed by atoms with Crippen LogP contribution in [0.15, 0.2) is 12.1 Å². The summed E-state index contributed by atoms with van der Waals surface area (Å²) in [6.45, 7) is 2.71. The monoisotopic (exact) mass is 295 g/mol. The van der Waals surface area contributed by atoms with Crippen LogP contribution in [0.3, 0.4) is 0 Å². The van der Waals surface area contributed by atoms with Gasteiger partial charge in [0.05, 0.1) is 23.8 Å². The normalized spacial score (nSPS) is 17.8. The van der Waals surface area contributed by atoms with E-state index in [0.717, 1.165) is 6.07 Å². The van der Waals surface area contributed by atoms with E-state index in [-0.39, 0.29) is 29.5 Å². The smallest absolute Gasteiger partial charge is 0.340 e. The van der Waals surface area contributed by atoms with Crippen LogP contribution >= 0.6 is 0 Å². The highest BCUT2D eigenvalue weighted by Crippen LogP contribution is 2.30. The van der Waals surface area contributed by atoms with Crippen molar-refractivity contribution in [1.29, 1.82) is 0 Å². The van der Waals surface area contributed by atoms with Gasteiger partial charge in [0.15, 0.2) is 0 Å². The highest BCUT2D eigenvalue weighted by Gasteiger charge is 2.29. The molecule has 0 saturated carbocycles. The first kappa shape index (κ1) is 15.1. The lowest BCUT2D eigenvalue weighted by molar-refractivity contribution is -0.121. The number of nitrogens with two attached hydrogens (primary N) is 2. The summed E-state index contributed by atoms with van der Waals surface area (Å²) >= 11 is 0. The molecule has 0 radical (unpaired) electrons. The molecule has 1 amide bonds. The van der Waals surface area contributed by atoms with E-state index in [2.05, 4.69) is 0 Å². The Bertz CT molecular complexity index is 577. The summed E-state index contributed by atoms with van der Waals surface area (Å²) in [5.41, 5.74) is 11.3. The predicted octanol–water partition coefficient (Wildman–Crippen LogP) is 0.896. The zero-order valence-electron chi connectivity index (χ0n) is 11.8. The van der Waals surface area contributed by atoms with Crippen LogP contribution in [-0.4, -0.2) is 31.6 Å². The second-order valence-electron chi connectivity index (χ2n) is 4.95. The molecule has 4 N–H and O–H groups in total. The van der Waals surface area contributed by atoms with E-state index in [1.807, 2.05) is 0 Å². The molecule has 1 atom stereocenters. The van der Waals surface area contributed by atoms with Crippen LogP contribution in [0, 0.1) is 11.7 Å². The molecule has 114 valence electrons. The maximum atomic E-state index is 14.1. The molecule has 0 aliphatic carbocycles. The number of carbonyl (C=O) groups excluding carboxylic acids is 2. The summed E-state index contributed by atoms with van der Waals surface area (Å²) < 4.78 is 19.0. The van der Waals surface area contributed by atoms with Crippen LogP contribution in [0.25, 0.3) is 0 Å². The molecule has 1 aromatic carbocycles. The Morgan fingerprint density at radius 2 is 2.19 bits per heavy atom. The number of ether oxygens (including phenoxy) is 1. The van der Waals surface area contributed by atoms with E-state index in [9.17, 15) is 14.0 Å². The third kappa shape index (κ3) is 3.07. The summed E-state index contributed by atoms with van der Waals surface area (Å²) in [5.74, 6) is -1.85. The Morgan fingerprint density at radius 1 is 1.48 bits per heavy atom. The van der Waals surface area contributed by atoms with E-state index in [1.54, 1.807) is 11.8 Å². The second kappa shape index (κ2) is 5.99. The zero-order valence-corrected chi connectivity index (χ0v) is 11.8. The number of benzene rings is 1. The molecular formula is C14H18FN3O3. The lowest BCUT2D eigenvalue weighted by Gasteiger charge is -2.20. The lowest BCUT2D eigenvalue weighted by Crippen LogP contribution is -2.28. The number of rotatable bonds is 4. The number of anilines is 2. The minimum Gasteiger partial charge on any atom is -0.462 e. The minimum absolute atomic E-state index is 0.0281. The standard InChI is InChI=1S/C14H18FN3O3/c1-2-21-14(20)9-5-12(10(15)6-11(9)16)18-4-3-8(7-18)13(17)19/h5-6,8H,2-4,7,16H2,1H3,(H2,17,19). The number of hydrogen-bond donors (Lipinski definition) is 2. The summed E-state index contributed by atoms with van der Waals surface area (Å²) in [6.07, 6.45) is 0.563. The molecule has 1 aliphatic rings. The molecule has 1 unspecified atom stereocenters. The minimum atomic E-state index is -0.595. The Balaban J connectivity index is 2.30. The molecule has 0 bridgehead atoms. The van der Waals surface area contributed by atoms with Crippen LogP contribution in [-0.2, 0) is 9.53 Å². The van der Waals surface area contributed by atoms with Crippen molar-refractivity contribution in [2.45, 2.75) is 13.3 Å². The Morgan fingerprint density at radius 3 is 2.76 bits per heavy atom. The third-order valence-corrected chi connectivity index (χ3v) is 3.55. The highest BCUT2D eigenvalue weighted by atomic mass is 19.1. The first-order valence-electron chi connectivity index (χ1n) is 6.74. The van der Waals surface area contributed by atoms with Crippen molar-refractivity contribution in [2.24, 2.45) is 11.7 Å². The SMILES string of the molecule is CCOC(=O)c1cc(N2CCC(C(N)=O)C2)c(F)cc1N. The molecule has 6 nitrogen and oxygen atoms in total. The van der Waals surface area contributed by atoms with Crippen molar-refractivity contribution < 1.29 is 18.7 Å². The molecule has 1 fully saturated rings. The van der Waals surface area contributed by atoms with Gasteiger partial charge in [-0.05, 0) is 25.5 Å². The first-order valence-corrected chi connectivity index (χ1v) is 6.74. The van der Waals surface area contributed by atoms with Crippen LogP contribution in [0.4, 0.5) is 15.8 Å². The fourth-order valence-electron chi connectivity index (χ4n) is 2.42. The average molecular weight is 295 g/mol. The Labute approximate surface area is 121 Å². The summed E-state index contributed by atoms with van der Waals surface area (Å²) in [4.78, 5) is 24.7. The van der Waals surface area contributed by atoms with E-state index in [1.165, 1.54) is 6.07 Å².